The molecule has 37 heavy (non-hydrogen) atoms. The second-order valence-corrected chi connectivity index (χ2v) is 8.99. The van der Waals surface area contributed by atoms with Crippen molar-refractivity contribution in [1.29, 1.82) is 0 Å². The first-order chi connectivity index (χ1) is 17.9. The van der Waals surface area contributed by atoms with Crippen molar-refractivity contribution in [1.82, 2.24) is 0 Å². The molecule has 4 aromatic rings. The van der Waals surface area contributed by atoms with E-state index in [0.29, 0.717) is 11.8 Å². The van der Waals surface area contributed by atoms with Gasteiger partial charge in [-0.15, -0.1) is 12.8 Å². The molecule has 2 aliphatic carbocycles. The molecule has 0 heterocycles. The molecule has 0 nitrogen and oxygen atoms in total. The Balaban J connectivity index is 0.000000168. The molecule has 1 heteroatoms. The van der Waals surface area contributed by atoms with E-state index in [-0.39, 0.29) is 26.2 Å². The van der Waals surface area contributed by atoms with E-state index in [0.717, 1.165) is 12.8 Å². The summed E-state index contributed by atoms with van der Waals surface area (Å²) in [6, 6.07) is 42.6. The average molecular weight is 554 g/mol. The molecule has 0 atom stereocenters. The van der Waals surface area contributed by atoms with Crippen molar-refractivity contribution in [2.45, 2.75) is 24.7 Å². The van der Waals surface area contributed by atoms with E-state index in [4.69, 9.17) is 0 Å². The van der Waals surface area contributed by atoms with Gasteiger partial charge in [0.25, 0.3) is 0 Å². The van der Waals surface area contributed by atoms with Gasteiger partial charge in [-0.1, -0.05) is 121 Å². The normalized spacial score (nSPS) is 13.6. The zero-order chi connectivity index (χ0) is 24.4. The van der Waals surface area contributed by atoms with Crippen molar-refractivity contribution in [3.8, 4) is 0 Å². The van der Waals surface area contributed by atoms with Crippen LogP contribution in [0.2, 0.25) is 0 Å². The van der Waals surface area contributed by atoms with Crippen LogP contribution in [0.1, 0.15) is 46.9 Å². The van der Waals surface area contributed by atoms with Gasteiger partial charge in [-0.05, 0) is 22.3 Å². The van der Waals surface area contributed by atoms with Gasteiger partial charge in [0.2, 0.25) is 0 Å². The molecular weight excluding hydrogens is 524 g/mol. The van der Waals surface area contributed by atoms with E-state index in [1.807, 2.05) is 0 Å². The van der Waals surface area contributed by atoms with Crippen LogP contribution >= 0.6 is 0 Å². The predicted molar refractivity (Wildman–Crippen MR) is 150 cm³/mol. The van der Waals surface area contributed by atoms with Crippen molar-refractivity contribution >= 4 is 0 Å². The summed E-state index contributed by atoms with van der Waals surface area (Å²) in [6.45, 7) is 0. The molecule has 0 unspecified atom stereocenters. The van der Waals surface area contributed by atoms with E-state index in [2.05, 4.69) is 158 Å². The van der Waals surface area contributed by atoms with Crippen LogP contribution in [0.4, 0.5) is 0 Å². The molecule has 0 bridgehead atoms. The fourth-order valence-electron chi connectivity index (χ4n) is 4.92. The Bertz CT molecular complexity index is 1160. The minimum Gasteiger partial charge on any atom is -0.269 e. The molecule has 4 aromatic carbocycles. The van der Waals surface area contributed by atoms with Crippen LogP contribution in [-0.4, -0.2) is 0 Å². The molecule has 6 rings (SSSR count). The molecule has 0 aliphatic heterocycles. The maximum absolute atomic E-state index is 3.46. The number of rotatable bonds is 6. The van der Waals surface area contributed by atoms with Crippen molar-refractivity contribution in [2.24, 2.45) is 0 Å². The maximum atomic E-state index is 3.46. The Morgan fingerprint density at radius 3 is 0.892 bits per heavy atom. The summed E-state index contributed by atoms with van der Waals surface area (Å²) in [5.74, 6) is 0.622. The minimum atomic E-state index is 0. The van der Waals surface area contributed by atoms with Crippen LogP contribution in [0.25, 0.3) is 0 Å². The molecule has 0 saturated heterocycles. The molecule has 0 saturated carbocycles. The zero-order valence-electron chi connectivity index (χ0n) is 20.9. The Kier molecular flexibility index (Phi) is 10.0. The van der Waals surface area contributed by atoms with Gasteiger partial charge in [0.05, 0.1) is 0 Å². The summed E-state index contributed by atoms with van der Waals surface area (Å²) in [5.41, 5.74) is 7.89. The monoisotopic (exact) mass is 552 g/mol. The zero-order valence-corrected chi connectivity index (χ0v) is 23.4. The van der Waals surface area contributed by atoms with E-state index in [1.54, 1.807) is 0 Å². The van der Waals surface area contributed by atoms with Gasteiger partial charge in [0.15, 0.2) is 0 Å². The average Bonchev–Trinajstić information content (AvgIpc) is 3.68. The van der Waals surface area contributed by atoms with Crippen LogP contribution in [0.15, 0.2) is 157 Å². The molecule has 2 aliphatic rings. The second-order valence-electron chi connectivity index (χ2n) is 8.99. The third-order valence-electron chi connectivity index (χ3n) is 6.60. The molecule has 0 aromatic heterocycles. The Labute approximate surface area is 240 Å². The SMILES string of the molecule is [C-]1=C(C(c2ccccc2)c2ccccc2)C=CC1.[C-]1=C(C(c2ccccc2)c2ccccc2)C=CC1.[Zr+2]. The number of allylic oxidation sites excluding steroid dienone is 8. The van der Waals surface area contributed by atoms with Gasteiger partial charge >= 0.3 is 26.2 Å². The van der Waals surface area contributed by atoms with Gasteiger partial charge in [-0.2, -0.15) is 12.2 Å². The Hall–Kier alpha value is -3.28. The molecule has 0 fully saturated rings. The van der Waals surface area contributed by atoms with E-state index < -0.39 is 0 Å². The van der Waals surface area contributed by atoms with Crippen LogP contribution in [0.3, 0.4) is 0 Å². The van der Waals surface area contributed by atoms with Crippen molar-refractivity contribution in [3.63, 3.8) is 0 Å². The van der Waals surface area contributed by atoms with E-state index in [9.17, 15) is 0 Å². The summed E-state index contributed by atoms with van der Waals surface area (Å²) in [6.07, 6.45) is 17.5. The van der Waals surface area contributed by atoms with E-state index >= 15 is 0 Å². The van der Waals surface area contributed by atoms with Crippen LogP contribution in [0, 0.1) is 12.2 Å². The fraction of sp³-hybridized carbons (Fsp3) is 0.111. The largest absolute Gasteiger partial charge is 2.00 e. The molecular formula is C36H30Zr. The van der Waals surface area contributed by atoms with Crippen LogP contribution < -0.4 is 0 Å². The maximum Gasteiger partial charge on any atom is 2.00 e. The second kappa shape index (κ2) is 13.9. The van der Waals surface area contributed by atoms with E-state index in [1.165, 1.54) is 33.4 Å². The predicted octanol–water partition coefficient (Wildman–Crippen LogP) is 9.01. The van der Waals surface area contributed by atoms with Crippen LogP contribution in [0.5, 0.6) is 0 Å². The minimum absolute atomic E-state index is 0. The Morgan fingerprint density at radius 1 is 0.405 bits per heavy atom. The van der Waals surface area contributed by atoms with Gasteiger partial charge < -0.3 is 0 Å². The summed E-state index contributed by atoms with van der Waals surface area (Å²) < 4.78 is 0. The topological polar surface area (TPSA) is 0 Å². The van der Waals surface area contributed by atoms with Gasteiger partial charge in [-0.25, -0.2) is 23.3 Å². The molecule has 0 N–H and O–H groups in total. The smallest absolute Gasteiger partial charge is 0.269 e. The first-order valence-corrected chi connectivity index (χ1v) is 12.6. The molecule has 178 valence electrons. The summed E-state index contributed by atoms with van der Waals surface area (Å²) in [7, 11) is 0. The summed E-state index contributed by atoms with van der Waals surface area (Å²) in [5, 5.41) is 0. The van der Waals surface area contributed by atoms with Gasteiger partial charge in [-0.3, -0.25) is 12.2 Å². The quantitative estimate of drug-likeness (QED) is 0.209. The number of benzene rings is 4. The number of hydrogen-bond donors (Lipinski definition) is 0. The first-order valence-electron chi connectivity index (χ1n) is 12.6. The van der Waals surface area contributed by atoms with Crippen molar-refractivity contribution < 1.29 is 26.2 Å². The standard InChI is InChI=1S/2C18H15.Zr/c2*1-3-9-15(10-4-1)18(17-13-7-8-14-17)16-11-5-2-6-12-16;/h2*1-7,9-13,18H,8H2;/q2*-1;+2. The third kappa shape index (κ3) is 6.94. The molecule has 0 amide bonds. The molecule has 0 spiro atoms. The summed E-state index contributed by atoms with van der Waals surface area (Å²) in [4.78, 5) is 0. The molecule has 0 radical (unpaired) electrons. The van der Waals surface area contributed by atoms with Crippen molar-refractivity contribution in [2.75, 3.05) is 0 Å². The summed E-state index contributed by atoms with van der Waals surface area (Å²) >= 11 is 0. The van der Waals surface area contributed by atoms with Gasteiger partial charge in [0.1, 0.15) is 0 Å². The first kappa shape index (κ1) is 26.8. The number of hydrogen-bond acceptors (Lipinski definition) is 0. The van der Waals surface area contributed by atoms with Crippen LogP contribution in [-0.2, 0) is 26.2 Å². The Morgan fingerprint density at radius 2 is 0.676 bits per heavy atom. The third-order valence-corrected chi connectivity index (χ3v) is 6.60. The fourth-order valence-corrected chi connectivity index (χ4v) is 4.92. The van der Waals surface area contributed by atoms with Crippen molar-refractivity contribution in [3.05, 3.63) is 191 Å². The van der Waals surface area contributed by atoms with Gasteiger partial charge in [0, 0.05) is 11.8 Å².